The van der Waals surface area contributed by atoms with E-state index in [0.717, 1.165) is 32.4 Å². The molecule has 1 heterocycles. The van der Waals surface area contributed by atoms with Crippen LogP contribution in [0.1, 0.15) is 142 Å². The van der Waals surface area contributed by atoms with Gasteiger partial charge in [-0.15, -0.1) is 5.06 Å². The average molecular weight is 396 g/mol. The van der Waals surface area contributed by atoms with Crippen LogP contribution >= 0.6 is 0 Å². The zero-order valence-electron chi connectivity index (χ0n) is 19.0. The van der Waals surface area contributed by atoms with E-state index in [9.17, 15) is 4.79 Å². The molecule has 166 valence electrons. The molecule has 1 fully saturated rings. The first-order chi connectivity index (χ1) is 13.8. The standard InChI is InChI=1S/C25H49NO2/c1-2-3-4-5-6-7-8-9-10-11-12-13-14-15-16-17-19-22-25(27)28-26-23-20-18-21-24-26/h2-24H2,1H3. The van der Waals surface area contributed by atoms with E-state index in [1.165, 1.54) is 109 Å². The third kappa shape index (κ3) is 16.4. The summed E-state index contributed by atoms with van der Waals surface area (Å²) < 4.78 is 0. The molecule has 0 aromatic heterocycles. The van der Waals surface area contributed by atoms with Crippen molar-refractivity contribution in [3.8, 4) is 0 Å². The number of hydrogen-bond donors (Lipinski definition) is 0. The molecule has 1 aliphatic heterocycles. The molecular formula is C25H49NO2. The molecule has 0 aromatic rings. The van der Waals surface area contributed by atoms with Gasteiger partial charge in [0.2, 0.25) is 0 Å². The van der Waals surface area contributed by atoms with Crippen molar-refractivity contribution in [3.63, 3.8) is 0 Å². The van der Waals surface area contributed by atoms with Crippen LogP contribution < -0.4 is 0 Å². The summed E-state index contributed by atoms with van der Waals surface area (Å²) in [4.78, 5) is 17.2. The van der Waals surface area contributed by atoms with E-state index >= 15 is 0 Å². The number of unbranched alkanes of at least 4 members (excludes halogenated alkanes) is 16. The highest BCUT2D eigenvalue weighted by Gasteiger charge is 2.14. The Morgan fingerprint density at radius 3 is 1.43 bits per heavy atom. The highest BCUT2D eigenvalue weighted by atomic mass is 16.7. The Hall–Kier alpha value is -0.570. The van der Waals surface area contributed by atoms with Gasteiger partial charge in [-0.05, 0) is 19.3 Å². The molecule has 0 atom stereocenters. The van der Waals surface area contributed by atoms with Crippen LogP contribution in [-0.2, 0) is 9.63 Å². The molecule has 0 radical (unpaired) electrons. The first-order valence-electron chi connectivity index (χ1n) is 12.8. The van der Waals surface area contributed by atoms with Gasteiger partial charge in [0.05, 0.1) is 0 Å². The van der Waals surface area contributed by atoms with Crippen LogP contribution in [0.5, 0.6) is 0 Å². The van der Waals surface area contributed by atoms with E-state index in [1.54, 1.807) is 0 Å². The average Bonchev–Trinajstić information content (AvgIpc) is 2.71. The van der Waals surface area contributed by atoms with Gasteiger partial charge in [0, 0.05) is 19.5 Å². The molecule has 0 saturated carbocycles. The number of hydroxylamine groups is 2. The summed E-state index contributed by atoms with van der Waals surface area (Å²) in [6.45, 7) is 4.13. The maximum Gasteiger partial charge on any atom is 0.325 e. The topological polar surface area (TPSA) is 29.5 Å². The summed E-state index contributed by atoms with van der Waals surface area (Å²) in [5.41, 5.74) is 0. The zero-order valence-corrected chi connectivity index (χ0v) is 19.0. The van der Waals surface area contributed by atoms with Crippen molar-refractivity contribution in [2.45, 2.75) is 142 Å². The predicted octanol–water partition coefficient (Wildman–Crippen LogP) is 7.97. The highest BCUT2D eigenvalue weighted by Crippen LogP contribution is 2.15. The van der Waals surface area contributed by atoms with Gasteiger partial charge in [-0.3, -0.25) is 4.79 Å². The molecule has 0 N–H and O–H groups in total. The third-order valence-electron chi connectivity index (χ3n) is 6.03. The lowest BCUT2D eigenvalue weighted by Gasteiger charge is -2.24. The van der Waals surface area contributed by atoms with E-state index in [1.807, 2.05) is 5.06 Å². The Bertz CT molecular complexity index is 339. The van der Waals surface area contributed by atoms with Crippen LogP contribution in [0, 0.1) is 0 Å². The fourth-order valence-electron chi connectivity index (χ4n) is 4.14. The van der Waals surface area contributed by atoms with Crippen molar-refractivity contribution >= 4 is 5.97 Å². The number of nitrogens with zero attached hydrogens (tertiary/aromatic N) is 1. The molecular weight excluding hydrogens is 346 g/mol. The van der Waals surface area contributed by atoms with Gasteiger partial charge in [0.25, 0.3) is 0 Å². The summed E-state index contributed by atoms with van der Waals surface area (Å²) in [5.74, 6) is -0.0251. The maximum atomic E-state index is 11.8. The summed E-state index contributed by atoms with van der Waals surface area (Å²) >= 11 is 0. The van der Waals surface area contributed by atoms with Crippen LogP contribution in [-0.4, -0.2) is 24.1 Å². The molecule has 0 aliphatic carbocycles. The van der Waals surface area contributed by atoms with Gasteiger partial charge in [0.15, 0.2) is 0 Å². The summed E-state index contributed by atoms with van der Waals surface area (Å²) in [7, 11) is 0. The monoisotopic (exact) mass is 395 g/mol. The fourth-order valence-corrected chi connectivity index (χ4v) is 4.14. The Kier molecular flexibility index (Phi) is 17.9. The largest absolute Gasteiger partial charge is 0.368 e. The predicted molar refractivity (Wildman–Crippen MR) is 120 cm³/mol. The van der Waals surface area contributed by atoms with Crippen molar-refractivity contribution in [3.05, 3.63) is 0 Å². The number of piperidine rings is 1. The molecule has 0 bridgehead atoms. The van der Waals surface area contributed by atoms with E-state index < -0.39 is 0 Å². The van der Waals surface area contributed by atoms with Gasteiger partial charge < -0.3 is 4.84 Å². The smallest absolute Gasteiger partial charge is 0.325 e. The van der Waals surface area contributed by atoms with Crippen LogP contribution in [0.4, 0.5) is 0 Å². The normalized spacial score (nSPS) is 15.0. The maximum absolute atomic E-state index is 11.8. The summed E-state index contributed by atoms with van der Waals surface area (Å²) in [5, 5.41) is 1.86. The first kappa shape index (κ1) is 25.5. The second kappa shape index (κ2) is 19.7. The zero-order chi connectivity index (χ0) is 20.1. The fraction of sp³-hybridized carbons (Fsp3) is 0.960. The molecule has 1 saturated heterocycles. The second-order valence-corrected chi connectivity index (χ2v) is 8.86. The van der Waals surface area contributed by atoms with Crippen molar-refractivity contribution in [1.29, 1.82) is 0 Å². The number of hydrogen-bond acceptors (Lipinski definition) is 3. The van der Waals surface area contributed by atoms with Crippen molar-refractivity contribution < 1.29 is 9.63 Å². The third-order valence-corrected chi connectivity index (χ3v) is 6.03. The van der Waals surface area contributed by atoms with Crippen molar-refractivity contribution in [2.24, 2.45) is 0 Å². The van der Waals surface area contributed by atoms with Gasteiger partial charge >= 0.3 is 5.97 Å². The molecule has 0 aromatic carbocycles. The minimum atomic E-state index is -0.0251. The second-order valence-electron chi connectivity index (χ2n) is 8.86. The van der Waals surface area contributed by atoms with E-state index in [4.69, 9.17) is 4.84 Å². The van der Waals surface area contributed by atoms with Gasteiger partial charge in [-0.1, -0.05) is 116 Å². The molecule has 3 nitrogen and oxygen atoms in total. The van der Waals surface area contributed by atoms with Gasteiger partial charge in [-0.2, -0.15) is 0 Å². The molecule has 28 heavy (non-hydrogen) atoms. The molecule has 1 rings (SSSR count). The Labute approximate surface area is 175 Å². The van der Waals surface area contributed by atoms with E-state index in [2.05, 4.69) is 6.92 Å². The highest BCUT2D eigenvalue weighted by molar-refractivity contribution is 5.68. The molecule has 0 unspecified atom stereocenters. The lowest BCUT2D eigenvalue weighted by atomic mass is 10.0. The van der Waals surface area contributed by atoms with Crippen LogP contribution in [0.2, 0.25) is 0 Å². The Morgan fingerprint density at radius 1 is 0.607 bits per heavy atom. The number of carbonyl (C=O) groups is 1. The summed E-state index contributed by atoms with van der Waals surface area (Å²) in [6.07, 6.45) is 27.5. The minimum Gasteiger partial charge on any atom is -0.368 e. The lowest BCUT2D eigenvalue weighted by Crippen LogP contribution is -2.32. The van der Waals surface area contributed by atoms with Gasteiger partial charge in [-0.25, -0.2) is 0 Å². The van der Waals surface area contributed by atoms with Crippen LogP contribution in [0.15, 0.2) is 0 Å². The Morgan fingerprint density at radius 2 is 1.00 bits per heavy atom. The molecule has 1 aliphatic rings. The first-order valence-corrected chi connectivity index (χ1v) is 12.8. The SMILES string of the molecule is CCCCCCCCCCCCCCCCCCCC(=O)ON1CCCCC1. The molecule has 0 spiro atoms. The number of carbonyl (C=O) groups excluding carboxylic acids is 1. The van der Waals surface area contributed by atoms with Crippen LogP contribution in [0.25, 0.3) is 0 Å². The summed E-state index contributed by atoms with van der Waals surface area (Å²) in [6, 6.07) is 0. The molecule has 0 amide bonds. The van der Waals surface area contributed by atoms with E-state index in [-0.39, 0.29) is 5.97 Å². The number of rotatable bonds is 19. The molecule has 3 heteroatoms. The minimum absolute atomic E-state index is 0.0251. The quantitative estimate of drug-likeness (QED) is 0.208. The Balaban J connectivity index is 1.71. The van der Waals surface area contributed by atoms with Gasteiger partial charge in [0.1, 0.15) is 0 Å². The van der Waals surface area contributed by atoms with Crippen molar-refractivity contribution in [1.82, 2.24) is 5.06 Å². The van der Waals surface area contributed by atoms with E-state index in [0.29, 0.717) is 6.42 Å². The van der Waals surface area contributed by atoms with Crippen molar-refractivity contribution in [2.75, 3.05) is 13.1 Å². The van der Waals surface area contributed by atoms with Crippen LogP contribution in [0.3, 0.4) is 0 Å². The lowest BCUT2D eigenvalue weighted by molar-refractivity contribution is -0.194.